The quantitative estimate of drug-likeness (QED) is 0.781. The van der Waals surface area contributed by atoms with Gasteiger partial charge in [0.05, 0.1) is 10.8 Å². The first-order valence-corrected chi connectivity index (χ1v) is 10.7. The third-order valence-corrected chi connectivity index (χ3v) is 6.83. The molecular weight excluding hydrogens is 376 g/mol. The number of Topliss-reactive ketones (excluding diaryl/α,β-unsaturated/α-hetero) is 1. The van der Waals surface area contributed by atoms with E-state index in [0.29, 0.717) is 30.6 Å². The van der Waals surface area contributed by atoms with Crippen LogP contribution in [0.2, 0.25) is 0 Å². The Kier molecular flexibility index (Phi) is 5.96. The van der Waals surface area contributed by atoms with Crippen LogP contribution >= 0.6 is 0 Å². The molecular formula is C21H24N2O4S. The van der Waals surface area contributed by atoms with E-state index in [4.69, 9.17) is 0 Å². The van der Waals surface area contributed by atoms with Crippen molar-refractivity contribution in [3.05, 3.63) is 59.7 Å². The summed E-state index contributed by atoms with van der Waals surface area (Å²) >= 11 is 0. The molecule has 0 saturated carbocycles. The zero-order valence-corrected chi connectivity index (χ0v) is 16.8. The summed E-state index contributed by atoms with van der Waals surface area (Å²) in [4.78, 5) is 24.4. The molecule has 28 heavy (non-hydrogen) atoms. The summed E-state index contributed by atoms with van der Waals surface area (Å²) in [6, 6.07) is 13.5. The second kappa shape index (κ2) is 8.24. The fourth-order valence-electron chi connectivity index (χ4n) is 3.29. The Morgan fingerprint density at radius 3 is 2.50 bits per heavy atom. The molecule has 1 aliphatic heterocycles. The Labute approximate surface area is 165 Å². The lowest BCUT2D eigenvalue weighted by Gasteiger charge is -2.31. The molecule has 0 aliphatic carbocycles. The second-order valence-corrected chi connectivity index (χ2v) is 9.08. The minimum absolute atomic E-state index is 0.0795. The van der Waals surface area contributed by atoms with Gasteiger partial charge in [-0.2, -0.15) is 4.31 Å². The van der Waals surface area contributed by atoms with E-state index >= 15 is 0 Å². The van der Waals surface area contributed by atoms with Crippen molar-refractivity contribution in [2.75, 3.05) is 18.4 Å². The van der Waals surface area contributed by atoms with Crippen molar-refractivity contribution in [1.29, 1.82) is 0 Å². The highest BCUT2D eigenvalue weighted by Gasteiger charge is 2.33. The van der Waals surface area contributed by atoms with Crippen molar-refractivity contribution in [3.63, 3.8) is 0 Å². The second-order valence-electron chi connectivity index (χ2n) is 7.14. The summed E-state index contributed by atoms with van der Waals surface area (Å²) in [6.07, 6.45) is 1.24. The van der Waals surface area contributed by atoms with Gasteiger partial charge in [-0.25, -0.2) is 8.42 Å². The molecule has 0 unspecified atom stereocenters. The van der Waals surface area contributed by atoms with Crippen LogP contribution < -0.4 is 5.32 Å². The SMILES string of the molecule is CC(=O)c1cccc(NC(=O)[C@H]2CCCN(S(=O)(=O)c3ccc(C)cc3)C2)c1. The first kappa shape index (κ1) is 20.2. The third-order valence-electron chi connectivity index (χ3n) is 4.95. The van der Waals surface area contributed by atoms with Gasteiger partial charge in [0.25, 0.3) is 0 Å². The number of rotatable bonds is 5. The number of ketones is 1. The lowest BCUT2D eigenvalue weighted by Crippen LogP contribution is -2.43. The van der Waals surface area contributed by atoms with Crippen molar-refractivity contribution < 1.29 is 18.0 Å². The summed E-state index contributed by atoms with van der Waals surface area (Å²) < 4.78 is 27.2. The van der Waals surface area contributed by atoms with Gasteiger partial charge in [-0.1, -0.05) is 29.8 Å². The molecule has 148 valence electrons. The monoisotopic (exact) mass is 400 g/mol. The van der Waals surface area contributed by atoms with Gasteiger partial charge in [0.2, 0.25) is 15.9 Å². The smallest absolute Gasteiger partial charge is 0.243 e. The maximum atomic E-state index is 12.9. The number of amides is 1. The highest BCUT2D eigenvalue weighted by atomic mass is 32.2. The van der Waals surface area contributed by atoms with Crippen molar-refractivity contribution in [1.82, 2.24) is 4.31 Å². The number of benzene rings is 2. The lowest BCUT2D eigenvalue weighted by molar-refractivity contribution is -0.120. The van der Waals surface area contributed by atoms with Crippen molar-refractivity contribution >= 4 is 27.4 Å². The molecule has 1 N–H and O–H groups in total. The lowest BCUT2D eigenvalue weighted by atomic mass is 9.98. The molecule has 1 aliphatic rings. The highest BCUT2D eigenvalue weighted by Crippen LogP contribution is 2.25. The zero-order valence-electron chi connectivity index (χ0n) is 16.0. The van der Waals surface area contributed by atoms with Gasteiger partial charge in [-0.3, -0.25) is 9.59 Å². The normalized spacial score (nSPS) is 17.9. The molecule has 1 saturated heterocycles. The van der Waals surface area contributed by atoms with Crippen LogP contribution in [0.3, 0.4) is 0 Å². The summed E-state index contributed by atoms with van der Waals surface area (Å²) in [5, 5.41) is 2.81. The van der Waals surface area contributed by atoms with E-state index in [1.54, 1.807) is 48.5 Å². The molecule has 2 aromatic carbocycles. The van der Waals surface area contributed by atoms with E-state index in [9.17, 15) is 18.0 Å². The van der Waals surface area contributed by atoms with E-state index in [1.165, 1.54) is 11.2 Å². The zero-order chi connectivity index (χ0) is 20.3. The number of nitrogens with zero attached hydrogens (tertiary/aromatic N) is 1. The summed E-state index contributed by atoms with van der Waals surface area (Å²) in [5.74, 6) is -0.747. The van der Waals surface area contributed by atoms with Crippen LogP contribution in [-0.4, -0.2) is 37.5 Å². The Hall–Kier alpha value is -2.51. The number of carbonyl (C=O) groups excluding carboxylic acids is 2. The molecule has 0 spiro atoms. The highest BCUT2D eigenvalue weighted by molar-refractivity contribution is 7.89. The standard InChI is InChI=1S/C21H24N2O4S/c1-15-8-10-20(11-9-15)28(26,27)23-12-4-6-18(14-23)21(25)22-19-7-3-5-17(13-19)16(2)24/h3,5,7-11,13,18H,4,6,12,14H2,1-2H3,(H,22,25)/t18-/m0/s1. The van der Waals surface area contributed by atoms with Crippen LogP contribution in [-0.2, 0) is 14.8 Å². The third kappa shape index (κ3) is 4.48. The van der Waals surface area contributed by atoms with Crippen molar-refractivity contribution in [2.45, 2.75) is 31.6 Å². The van der Waals surface area contributed by atoms with E-state index in [-0.39, 0.29) is 23.1 Å². The van der Waals surface area contributed by atoms with Gasteiger partial charge < -0.3 is 5.32 Å². The van der Waals surface area contributed by atoms with Gasteiger partial charge >= 0.3 is 0 Å². The summed E-state index contributed by atoms with van der Waals surface area (Å²) in [6.45, 7) is 3.92. The molecule has 6 nitrogen and oxygen atoms in total. The first-order valence-electron chi connectivity index (χ1n) is 9.26. The van der Waals surface area contributed by atoms with Gasteiger partial charge in [0.15, 0.2) is 5.78 Å². The van der Waals surface area contributed by atoms with Gasteiger partial charge in [0, 0.05) is 24.3 Å². The molecule has 2 aromatic rings. The number of piperidine rings is 1. The Balaban J connectivity index is 1.72. The van der Waals surface area contributed by atoms with Crippen molar-refractivity contribution in [3.8, 4) is 0 Å². The largest absolute Gasteiger partial charge is 0.326 e. The fraction of sp³-hybridized carbons (Fsp3) is 0.333. The van der Waals surface area contributed by atoms with Gasteiger partial charge in [-0.15, -0.1) is 0 Å². The predicted octanol–water partition coefficient (Wildman–Crippen LogP) is 3.24. The minimum atomic E-state index is -3.63. The maximum absolute atomic E-state index is 12.9. The van der Waals surface area contributed by atoms with E-state index in [2.05, 4.69) is 5.32 Å². The predicted molar refractivity (Wildman–Crippen MR) is 108 cm³/mol. The number of sulfonamides is 1. The molecule has 7 heteroatoms. The molecule has 0 radical (unpaired) electrons. The number of hydrogen-bond acceptors (Lipinski definition) is 4. The van der Waals surface area contributed by atoms with Gasteiger partial charge in [0.1, 0.15) is 0 Å². The van der Waals surface area contributed by atoms with Crippen LogP contribution in [0.25, 0.3) is 0 Å². The molecule has 1 heterocycles. The summed E-state index contributed by atoms with van der Waals surface area (Å²) in [7, 11) is -3.63. The Morgan fingerprint density at radius 2 is 1.82 bits per heavy atom. The van der Waals surface area contributed by atoms with Crippen LogP contribution in [0.15, 0.2) is 53.4 Å². The number of anilines is 1. The average molecular weight is 401 g/mol. The molecule has 1 amide bonds. The number of nitrogens with one attached hydrogen (secondary N) is 1. The van der Waals surface area contributed by atoms with E-state index in [0.717, 1.165) is 5.56 Å². The topological polar surface area (TPSA) is 83.6 Å². The maximum Gasteiger partial charge on any atom is 0.243 e. The van der Waals surface area contributed by atoms with E-state index in [1.807, 2.05) is 6.92 Å². The fourth-order valence-corrected chi connectivity index (χ4v) is 4.82. The first-order chi connectivity index (χ1) is 13.3. The Bertz CT molecular complexity index is 984. The number of carbonyl (C=O) groups is 2. The van der Waals surface area contributed by atoms with Crippen LogP contribution in [0.5, 0.6) is 0 Å². The van der Waals surface area contributed by atoms with Gasteiger partial charge in [-0.05, 0) is 51.0 Å². The molecule has 0 aromatic heterocycles. The van der Waals surface area contributed by atoms with Crippen LogP contribution in [0, 0.1) is 12.8 Å². The average Bonchev–Trinajstić information content (AvgIpc) is 2.68. The minimum Gasteiger partial charge on any atom is -0.326 e. The molecule has 3 rings (SSSR count). The van der Waals surface area contributed by atoms with Crippen molar-refractivity contribution in [2.24, 2.45) is 5.92 Å². The molecule has 1 fully saturated rings. The molecule has 0 bridgehead atoms. The van der Waals surface area contributed by atoms with Crippen LogP contribution in [0.4, 0.5) is 5.69 Å². The van der Waals surface area contributed by atoms with E-state index < -0.39 is 15.9 Å². The number of hydrogen-bond donors (Lipinski definition) is 1. The molecule has 1 atom stereocenters. The summed E-state index contributed by atoms with van der Waals surface area (Å²) in [5.41, 5.74) is 2.05. The van der Waals surface area contributed by atoms with Crippen LogP contribution in [0.1, 0.15) is 35.7 Å². The Morgan fingerprint density at radius 1 is 1.11 bits per heavy atom. The number of aryl methyl sites for hydroxylation is 1.